The van der Waals surface area contributed by atoms with Crippen LogP contribution in [0.5, 0.6) is 0 Å². The molecule has 1 amide bonds. The molecule has 4 nitrogen and oxygen atoms in total. The zero-order chi connectivity index (χ0) is 13.0. The smallest absolute Gasteiger partial charge is 0.239 e. The van der Waals surface area contributed by atoms with Crippen LogP contribution >= 0.6 is 0 Å². The summed E-state index contributed by atoms with van der Waals surface area (Å²) < 4.78 is 0. The second-order valence-electron chi connectivity index (χ2n) is 5.42. The Labute approximate surface area is 105 Å². The highest BCUT2D eigenvalue weighted by Crippen LogP contribution is 2.28. The van der Waals surface area contributed by atoms with E-state index in [1.807, 2.05) is 21.0 Å². The van der Waals surface area contributed by atoms with Gasteiger partial charge >= 0.3 is 0 Å². The fourth-order valence-corrected chi connectivity index (χ4v) is 2.83. The molecule has 3 unspecified atom stereocenters. The third kappa shape index (κ3) is 3.42. The molecule has 0 saturated heterocycles. The lowest BCUT2D eigenvalue weighted by atomic mass is 9.83. The number of likely N-dealkylation sites (N-methyl/N-ethyl adjacent to an activating group) is 2. The van der Waals surface area contributed by atoms with E-state index >= 15 is 0 Å². The minimum Gasteiger partial charge on any atom is -0.347 e. The molecule has 100 valence electrons. The van der Waals surface area contributed by atoms with E-state index in [4.69, 9.17) is 5.73 Å². The summed E-state index contributed by atoms with van der Waals surface area (Å²) in [5, 5.41) is 0. The molecule has 0 aromatic rings. The van der Waals surface area contributed by atoms with E-state index in [9.17, 15) is 4.79 Å². The minimum absolute atomic E-state index is 0.0536. The zero-order valence-corrected chi connectivity index (χ0v) is 11.6. The summed E-state index contributed by atoms with van der Waals surface area (Å²) in [5.74, 6) is 0.722. The first kappa shape index (κ1) is 14.5. The Morgan fingerprint density at radius 1 is 1.29 bits per heavy atom. The Kier molecular flexibility index (Phi) is 5.40. The highest BCUT2D eigenvalue weighted by Gasteiger charge is 2.32. The second kappa shape index (κ2) is 6.36. The zero-order valence-electron chi connectivity index (χ0n) is 11.6. The Balaban J connectivity index is 2.66. The summed E-state index contributed by atoms with van der Waals surface area (Å²) >= 11 is 0. The summed E-state index contributed by atoms with van der Waals surface area (Å²) in [7, 11) is 5.69. The van der Waals surface area contributed by atoms with Gasteiger partial charge in [0.15, 0.2) is 0 Å². The van der Waals surface area contributed by atoms with Crippen molar-refractivity contribution >= 4 is 5.91 Å². The first-order chi connectivity index (χ1) is 7.99. The van der Waals surface area contributed by atoms with Crippen LogP contribution < -0.4 is 5.73 Å². The van der Waals surface area contributed by atoms with Gasteiger partial charge in [-0.25, -0.2) is 0 Å². The van der Waals surface area contributed by atoms with E-state index in [1.165, 1.54) is 25.7 Å². The Bertz CT molecular complexity index is 255. The maximum atomic E-state index is 12.0. The average Bonchev–Trinajstić information content (AvgIpc) is 2.35. The van der Waals surface area contributed by atoms with Gasteiger partial charge in [-0.05, 0) is 39.3 Å². The normalized spacial score (nSPS) is 26.9. The van der Waals surface area contributed by atoms with Crippen LogP contribution in [0.15, 0.2) is 0 Å². The molecule has 0 radical (unpaired) electrons. The molecule has 1 saturated carbocycles. The SMILES string of the molecule is CC(C(=O)N(C)C)N(C)C1CCCCC1CN. The van der Waals surface area contributed by atoms with E-state index in [0.717, 1.165) is 6.54 Å². The molecule has 0 heterocycles. The van der Waals surface area contributed by atoms with Crippen LogP contribution in [0.1, 0.15) is 32.6 Å². The number of hydrogen-bond acceptors (Lipinski definition) is 3. The lowest BCUT2D eigenvalue weighted by Gasteiger charge is -2.40. The Morgan fingerprint density at radius 3 is 2.41 bits per heavy atom. The van der Waals surface area contributed by atoms with Gasteiger partial charge < -0.3 is 10.6 Å². The number of carbonyl (C=O) groups is 1. The van der Waals surface area contributed by atoms with Crippen molar-refractivity contribution in [2.24, 2.45) is 11.7 Å². The third-order valence-corrected chi connectivity index (χ3v) is 4.10. The lowest BCUT2D eigenvalue weighted by molar-refractivity contribution is -0.134. The van der Waals surface area contributed by atoms with Gasteiger partial charge in [0.05, 0.1) is 6.04 Å². The van der Waals surface area contributed by atoms with E-state index < -0.39 is 0 Å². The molecular formula is C13H27N3O. The summed E-state index contributed by atoms with van der Waals surface area (Å²) in [6.45, 7) is 2.72. The topological polar surface area (TPSA) is 49.6 Å². The summed E-state index contributed by atoms with van der Waals surface area (Å²) in [4.78, 5) is 15.9. The van der Waals surface area contributed by atoms with Crippen molar-refractivity contribution in [2.75, 3.05) is 27.7 Å². The average molecular weight is 241 g/mol. The first-order valence-electron chi connectivity index (χ1n) is 6.62. The predicted octanol–water partition coefficient (Wildman–Crippen LogP) is 0.912. The molecule has 3 atom stereocenters. The molecule has 2 N–H and O–H groups in total. The number of nitrogens with two attached hydrogens (primary N) is 1. The van der Waals surface area contributed by atoms with Gasteiger partial charge in [0.2, 0.25) is 5.91 Å². The molecule has 1 rings (SSSR count). The van der Waals surface area contributed by atoms with Crippen molar-refractivity contribution in [3.05, 3.63) is 0 Å². The first-order valence-corrected chi connectivity index (χ1v) is 6.62. The summed E-state index contributed by atoms with van der Waals surface area (Å²) in [6.07, 6.45) is 4.91. The molecule has 1 fully saturated rings. The molecule has 0 aromatic carbocycles. The van der Waals surface area contributed by atoms with E-state index in [2.05, 4.69) is 11.9 Å². The van der Waals surface area contributed by atoms with Crippen LogP contribution in [-0.2, 0) is 4.79 Å². The fraction of sp³-hybridized carbons (Fsp3) is 0.923. The molecule has 17 heavy (non-hydrogen) atoms. The third-order valence-electron chi connectivity index (χ3n) is 4.10. The molecule has 0 aliphatic heterocycles. The van der Waals surface area contributed by atoms with E-state index in [-0.39, 0.29) is 11.9 Å². The predicted molar refractivity (Wildman–Crippen MR) is 70.7 cm³/mol. The monoisotopic (exact) mass is 241 g/mol. The van der Waals surface area contributed by atoms with Crippen molar-refractivity contribution in [1.82, 2.24) is 9.80 Å². The maximum absolute atomic E-state index is 12.0. The van der Waals surface area contributed by atoms with Gasteiger partial charge in [0, 0.05) is 20.1 Å². The molecule has 0 bridgehead atoms. The Morgan fingerprint density at radius 2 is 1.88 bits per heavy atom. The number of carbonyl (C=O) groups excluding carboxylic acids is 1. The van der Waals surface area contributed by atoms with Crippen molar-refractivity contribution < 1.29 is 4.79 Å². The van der Waals surface area contributed by atoms with Gasteiger partial charge in [-0.15, -0.1) is 0 Å². The fourth-order valence-electron chi connectivity index (χ4n) is 2.83. The van der Waals surface area contributed by atoms with Crippen LogP contribution in [0.4, 0.5) is 0 Å². The van der Waals surface area contributed by atoms with Gasteiger partial charge in [-0.2, -0.15) is 0 Å². The summed E-state index contributed by atoms with van der Waals surface area (Å²) in [6, 6.07) is 0.412. The highest BCUT2D eigenvalue weighted by molar-refractivity contribution is 5.80. The van der Waals surface area contributed by atoms with E-state index in [1.54, 1.807) is 4.90 Å². The lowest BCUT2D eigenvalue weighted by Crippen LogP contribution is -2.51. The molecule has 0 spiro atoms. The van der Waals surface area contributed by atoms with Crippen molar-refractivity contribution in [2.45, 2.75) is 44.7 Å². The summed E-state index contributed by atoms with van der Waals surface area (Å²) in [5.41, 5.74) is 5.85. The number of rotatable bonds is 4. The largest absolute Gasteiger partial charge is 0.347 e. The van der Waals surface area contributed by atoms with Crippen LogP contribution in [0.2, 0.25) is 0 Å². The van der Waals surface area contributed by atoms with E-state index in [0.29, 0.717) is 12.0 Å². The molecule has 1 aliphatic carbocycles. The molecule has 4 heteroatoms. The van der Waals surface area contributed by atoms with Gasteiger partial charge in [0.25, 0.3) is 0 Å². The van der Waals surface area contributed by atoms with Gasteiger partial charge in [0.1, 0.15) is 0 Å². The second-order valence-corrected chi connectivity index (χ2v) is 5.42. The number of nitrogens with zero attached hydrogens (tertiary/aromatic N) is 2. The van der Waals surface area contributed by atoms with Gasteiger partial charge in [-0.3, -0.25) is 9.69 Å². The van der Waals surface area contributed by atoms with Crippen molar-refractivity contribution in [1.29, 1.82) is 0 Å². The van der Waals surface area contributed by atoms with Crippen molar-refractivity contribution in [3.8, 4) is 0 Å². The van der Waals surface area contributed by atoms with Crippen molar-refractivity contribution in [3.63, 3.8) is 0 Å². The molecule has 0 aromatic heterocycles. The van der Waals surface area contributed by atoms with Crippen LogP contribution in [0, 0.1) is 5.92 Å². The number of hydrogen-bond donors (Lipinski definition) is 1. The number of amides is 1. The highest BCUT2D eigenvalue weighted by atomic mass is 16.2. The molecule has 1 aliphatic rings. The van der Waals surface area contributed by atoms with Crippen LogP contribution in [0.3, 0.4) is 0 Å². The van der Waals surface area contributed by atoms with Crippen LogP contribution in [0.25, 0.3) is 0 Å². The molecular weight excluding hydrogens is 214 g/mol. The van der Waals surface area contributed by atoms with Gasteiger partial charge in [-0.1, -0.05) is 12.8 Å². The van der Waals surface area contributed by atoms with Crippen LogP contribution in [-0.4, -0.2) is 55.5 Å². The maximum Gasteiger partial charge on any atom is 0.239 e. The quantitative estimate of drug-likeness (QED) is 0.796. The standard InChI is InChI=1S/C13H27N3O/c1-10(13(17)15(2)3)16(4)12-8-6-5-7-11(12)9-14/h10-12H,5-9,14H2,1-4H3. The Hall–Kier alpha value is -0.610. The minimum atomic E-state index is -0.0536.